The van der Waals surface area contributed by atoms with Crippen molar-refractivity contribution in [2.24, 2.45) is 0 Å². The van der Waals surface area contributed by atoms with Crippen LogP contribution in [0.4, 0.5) is 15.8 Å². The van der Waals surface area contributed by atoms with Crippen LogP contribution in [0, 0.1) is 0 Å². The standard InChI is InChI=1S/C23H26FN2OP/c1-17(24)7-4-9-18-8-2-3-14-23(18)28(27,21-12-5-10-19(25)15-21)22-13-6-11-20(26)16-22/h2-3,5-6,8,10-17H,4,7,9,25-26H2,1H3. The molecule has 1 unspecified atom stereocenters. The summed E-state index contributed by atoms with van der Waals surface area (Å²) < 4.78 is 27.9. The Balaban J connectivity index is 2.17. The average Bonchev–Trinajstić information content (AvgIpc) is 2.67. The van der Waals surface area contributed by atoms with Gasteiger partial charge in [0.15, 0.2) is 7.14 Å². The summed E-state index contributed by atoms with van der Waals surface area (Å²) in [6.45, 7) is 1.57. The van der Waals surface area contributed by atoms with Gasteiger partial charge < -0.3 is 16.0 Å². The lowest BCUT2D eigenvalue weighted by atomic mass is 10.1. The van der Waals surface area contributed by atoms with E-state index < -0.39 is 13.3 Å². The third-order valence-electron chi connectivity index (χ3n) is 4.85. The van der Waals surface area contributed by atoms with Crippen molar-refractivity contribution in [3.8, 4) is 0 Å². The summed E-state index contributed by atoms with van der Waals surface area (Å²) in [5.74, 6) is 0. The Hall–Kier alpha value is -2.58. The molecule has 0 aromatic heterocycles. The lowest BCUT2D eigenvalue weighted by Gasteiger charge is -2.23. The first-order chi connectivity index (χ1) is 13.4. The lowest BCUT2D eigenvalue weighted by molar-refractivity contribution is 0.334. The number of nitrogens with two attached hydrogens (primary N) is 2. The summed E-state index contributed by atoms with van der Waals surface area (Å²) in [7, 11) is -3.19. The number of rotatable bonds is 7. The SMILES string of the molecule is CC(F)CCCc1ccccc1P(=O)(c1cccc(N)c1)c1cccc(N)c1. The molecule has 0 radical (unpaired) electrons. The van der Waals surface area contributed by atoms with Crippen LogP contribution >= 0.6 is 7.14 Å². The number of alkyl halides is 1. The zero-order chi connectivity index (χ0) is 20.1. The smallest absolute Gasteiger partial charge is 0.171 e. The Morgan fingerprint density at radius 2 is 1.46 bits per heavy atom. The van der Waals surface area contributed by atoms with E-state index >= 15 is 0 Å². The minimum Gasteiger partial charge on any atom is -0.399 e. The number of hydrogen-bond donors (Lipinski definition) is 2. The second-order valence-electron chi connectivity index (χ2n) is 7.10. The minimum atomic E-state index is -3.19. The van der Waals surface area contributed by atoms with Crippen LogP contribution in [-0.2, 0) is 11.0 Å². The van der Waals surface area contributed by atoms with Gasteiger partial charge in [0.1, 0.15) is 0 Å². The molecule has 28 heavy (non-hydrogen) atoms. The zero-order valence-electron chi connectivity index (χ0n) is 16.0. The van der Waals surface area contributed by atoms with Crippen LogP contribution in [0.2, 0.25) is 0 Å². The Morgan fingerprint density at radius 1 is 0.893 bits per heavy atom. The lowest BCUT2D eigenvalue weighted by Crippen LogP contribution is -2.28. The Kier molecular flexibility index (Phi) is 6.21. The monoisotopic (exact) mass is 396 g/mol. The first kappa shape index (κ1) is 20.2. The van der Waals surface area contributed by atoms with E-state index in [0.717, 1.165) is 10.9 Å². The van der Waals surface area contributed by atoms with Gasteiger partial charge in [-0.3, -0.25) is 0 Å². The predicted molar refractivity (Wildman–Crippen MR) is 118 cm³/mol. The first-order valence-electron chi connectivity index (χ1n) is 9.46. The number of aryl methyl sites for hydroxylation is 1. The highest BCUT2D eigenvalue weighted by Gasteiger charge is 2.32. The molecule has 3 aromatic carbocycles. The van der Waals surface area contributed by atoms with E-state index in [9.17, 15) is 8.96 Å². The van der Waals surface area contributed by atoms with Crippen molar-refractivity contribution in [3.63, 3.8) is 0 Å². The van der Waals surface area contributed by atoms with E-state index in [0.29, 0.717) is 41.2 Å². The number of anilines is 2. The molecule has 146 valence electrons. The molecule has 0 heterocycles. The molecular weight excluding hydrogens is 370 g/mol. The summed E-state index contributed by atoms with van der Waals surface area (Å²) in [4.78, 5) is 0. The van der Waals surface area contributed by atoms with Crippen LogP contribution in [0.5, 0.6) is 0 Å². The molecule has 1 atom stereocenters. The summed E-state index contributed by atoms with van der Waals surface area (Å²) in [5.41, 5.74) is 14.1. The quantitative estimate of drug-likeness (QED) is 0.465. The van der Waals surface area contributed by atoms with Gasteiger partial charge >= 0.3 is 0 Å². The van der Waals surface area contributed by atoms with E-state index in [1.54, 1.807) is 31.2 Å². The molecule has 4 N–H and O–H groups in total. The van der Waals surface area contributed by atoms with Crippen molar-refractivity contribution in [2.75, 3.05) is 11.5 Å². The maximum Gasteiger partial charge on any atom is 0.171 e. The minimum absolute atomic E-state index is 0.481. The van der Waals surface area contributed by atoms with Gasteiger partial charge in [0.05, 0.1) is 6.17 Å². The molecule has 0 saturated carbocycles. The van der Waals surface area contributed by atoms with Gasteiger partial charge in [-0.1, -0.05) is 48.5 Å². The highest BCUT2D eigenvalue weighted by Crippen LogP contribution is 2.44. The van der Waals surface area contributed by atoms with Crippen molar-refractivity contribution in [3.05, 3.63) is 78.4 Å². The normalized spacial score (nSPS) is 12.6. The Morgan fingerprint density at radius 3 is 2.00 bits per heavy atom. The molecule has 0 bridgehead atoms. The maximum atomic E-state index is 14.7. The number of hydrogen-bond acceptors (Lipinski definition) is 3. The molecule has 3 rings (SSSR count). The number of benzene rings is 3. The molecule has 0 saturated heterocycles. The van der Waals surface area contributed by atoms with Crippen LogP contribution in [0.1, 0.15) is 25.3 Å². The second-order valence-corrected chi connectivity index (χ2v) is 9.83. The summed E-state index contributed by atoms with van der Waals surface area (Å²) >= 11 is 0. The first-order valence-corrected chi connectivity index (χ1v) is 11.2. The number of nitrogen functional groups attached to an aromatic ring is 2. The highest BCUT2D eigenvalue weighted by molar-refractivity contribution is 7.85. The largest absolute Gasteiger partial charge is 0.399 e. The zero-order valence-corrected chi connectivity index (χ0v) is 16.9. The molecule has 0 aliphatic heterocycles. The van der Waals surface area contributed by atoms with Gasteiger partial charge in [0.25, 0.3) is 0 Å². The van der Waals surface area contributed by atoms with Crippen molar-refractivity contribution >= 4 is 34.4 Å². The van der Waals surface area contributed by atoms with E-state index in [1.807, 2.05) is 48.5 Å². The molecule has 3 aromatic rings. The van der Waals surface area contributed by atoms with Crippen LogP contribution < -0.4 is 27.4 Å². The third-order valence-corrected chi connectivity index (χ3v) is 7.97. The van der Waals surface area contributed by atoms with Crippen molar-refractivity contribution in [1.82, 2.24) is 0 Å². The van der Waals surface area contributed by atoms with E-state index in [2.05, 4.69) is 0 Å². The summed E-state index contributed by atoms with van der Waals surface area (Å²) in [6, 6.07) is 22.1. The third kappa shape index (κ3) is 4.28. The van der Waals surface area contributed by atoms with Gasteiger partial charge in [0, 0.05) is 27.3 Å². The van der Waals surface area contributed by atoms with E-state index in [-0.39, 0.29) is 0 Å². The summed E-state index contributed by atoms with van der Waals surface area (Å²) in [6.07, 6.45) is 0.998. The Labute approximate surface area is 166 Å². The van der Waals surface area contributed by atoms with E-state index in [1.165, 1.54) is 0 Å². The van der Waals surface area contributed by atoms with Gasteiger partial charge in [-0.2, -0.15) is 0 Å². The van der Waals surface area contributed by atoms with Gasteiger partial charge in [-0.05, 0) is 56.0 Å². The van der Waals surface area contributed by atoms with Gasteiger partial charge in [-0.15, -0.1) is 0 Å². The molecule has 3 nitrogen and oxygen atoms in total. The highest BCUT2D eigenvalue weighted by atomic mass is 31.2. The fourth-order valence-electron chi connectivity index (χ4n) is 3.47. The number of halogens is 1. The maximum absolute atomic E-state index is 14.7. The molecule has 0 fully saturated rings. The van der Waals surface area contributed by atoms with Crippen LogP contribution in [0.25, 0.3) is 0 Å². The molecule has 0 amide bonds. The second kappa shape index (κ2) is 8.62. The van der Waals surface area contributed by atoms with Crippen molar-refractivity contribution in [1.29, 1.82) is 0 Å². The van der Waals surface area contributed by atoms with Crippen LogP contribution in [-0.4, -0.2) is 6.17 Å². The van der Waals surface area contributed by atoms with Crippen molar-refractivity contribution < 1.29 is 8.96 Å². The molecule has 0 aliphatic rings. The molecule has 0 spiro atoms. The topological polar surface area (TPSA) is 69.1 Å². The summed E-state index contributed by atoms with van der Waals surface area (Å²) in [5, 5.41) is 2.10. The fourth-order valence-corrected chi connectivity index (χ4v) is 6.47. The van der Waals surface area contributed by atoms with Gasteiger partial charge in [0.2, 0.25) is 0 Å². The van der Waals surface area contributed by atoms with Crippen molar-refractivity contribution in [2.45, 2.75) is 32.4 Å². The van der Waals surface area contributed by atoms with Crippen LogP contribution in [0.15, 0.2) is 72.8 Å². The van der Waals surface area contributed by atoms with Crippen LogP contribution in [0.3, 0.4) is 0 Å². The van der Waals surface area contributed by atoms with Gasteiger partial charge in [-0.25, -0.2) is 4.39 Å². The Bertz CT molecular complexity index is 954. The van der Waals surface area contributed by atoms with E-state index in [4.69, 9.17) is 11.5 Å². The fraction of sp³-hybridized carbons (Fsp3) is 0.217. The molecular formula is C23H26FN2OP. The molecule has 0 aliphatic carbocycles. The predicted octanol–water partition coefficient (Wildman–Crippen LogP) is 4.17. The molecule has 5 heteroatoms. The average molecular weight is 396 g/mol.